The number of likely N-dealkylation sites (tertiary alicyclic amines) is 1. The molecule has 2 bridgehead atoms. The molecule has 2 aromatic carbocycles. The first-order valence-electron chi connectivity index (χ1n) is 13.3. The number of amides is 1. The lowest BCUT2D eigenvalue weighted by atomic mass is 10.0. The highest BCUT2D eigenvalue weighted by Crippen LogP contribution is 2.45. The Bertz CT molecular complexity index is 1530. The Hall–Kier alpha value is -2.58. The summed E-state index contributed by atoms with van der Waals surface area (Å²) in [5, 5.41) is 1.06. The van der Waals surface area contributed by atoms with Gasteiger partial charge in [-0.05, 0) is 67.5 Å². The molecular formula is C29H33ClFN3O3S. The maximum absolute atomic E-state index is 13.6. The summed E-state index contributed by atoms with van der Waals surface area (Å²) in [6.07, 6.45) is 6.16. The van der Waals surface area contributed by atoms with Crippen LogP contribution in [0.3, 0.4) is 0 Å². The number of sulfone groups is 1. The molecule has 2 atom stereocenters. The van der Waals surface area contributed by atoms with E-state index in [9.17, 15) is 17.6 Å². The summed E-state index contributed by atoms with van der Waals surface area (Å²) < 4.78 is 42.9. The number of aromatic nitrogens is 1. The van der Waals surface area contributed by atoms with E-state index >= 15 is 0 Å². The van der Waals surface area contributed by atoms with Gasteiger partial charge >= 0.3 is 0 Å². The number of nitrogens with zero attached hydrogens (tertiary/aromatic N) is 3. The molecule has 0 unspecified atom stereocenters. The van der Waals surface area contributed by atoms with E-state index in [0.29, 0.717) is 29.6 Å². The second-order valence-electron chi connectivity index (χ2n) is 12.3. The third-order valence-corrected chi connectivity index (χ3v) is 10.4. The predicted octanol–water partition coefficient (Wildman–Crippen LogP) is 6.08. The Labute approximate surface area is 228 Å². The van der Waals surface area contributed by atoms with Crippen molar-refractivity contribution in [3.8, 4) is 0 Å². The van der Waals surface area contributed by atoms with E-state index < -0.39 is 15.7 Å². The van der Waals surface area contributed by atoms with Gasteiger partial charge in [0.25, 0.3) is 5.91 Å². The maximum atomic E-state index is 13.6. The number of piperazine rings is 1. The van der Waals surface area contributed by atoms with Crippen LogP contribution < -0.4 is 4.90 Å². The summed E-state index contributed by atoms with van der Waals surface area (Å²) in [5.74, 6) is -0.595. The molecule has 1 aliphatic carbocycles. The van der Waals surface area contributed by atoms with Crippen molar-refractivity contribution in [1.29, 1.82) is 0 Å². The minimum absolute atomic E-state index is 0.0586. The van der Waals surface area contributed by atoms with E-state index in [1.165, 1.54) is 18.2 Å². The number of rotatable bonds is 5. The van der Waals surface area contributed by atoms with Crippen LogP contribution in [0.15, 0.2) is 47.5 Å². The van der Waals surface area contributed by atoms with Crippen molar-refractivity contribution in [2.75, 3.05) is 23.7 Å². The topological polar surface area (TPSA) is 62.6 Å². The van der Waals surface area contributed by atoms with Gasteiger partial charge in [-0.2, -0.15) is 0 Å². The number of carbonyl (C=O) groups is 1. The summed E-state index contributed by atoms with van der Waals surface area (Å²) in [7, 11) is -3.49. The lowest BCUT2D eigenvalue weighted by Gasteiger charge is -2.43. The monoisotopic (exact) mass is 557 g/mol. The number of hydrogen-bond donors (Lipinski definition) is 0. The quantitative estimate of drug-likeness (QED) is 0.381. The normalized spacial score (nSPS) is 21.9. The van der Waals surface area contributed by atoms with Gasteiger partial charge in [-0.25, -0.2) is 12.8 Å². The predicted molar refractivity (Wildman–Crippen MR) is 148 cm³/mol. The van der Waals surface area contributed by atoms with Crippen LogP contribution in [0.5, 0.6) is 0 Å². The van der Waals surface area contributed by atoms with Crippen molar-refractivity contribution in [2.45, 2.75) is 69.5 Å². The van der Waals surface area contributed by atoms with Crippen molar-refractivity contribution in [2.24, 2.45) is 5.41 Å². The molecular weight excluding hydrogens is 525 g/mol. The zero-order chi connectivity index (χ0) is 27.0. The van der Waals surface area contributed by atoms with E-state index in [1.54, 1.807) is 0 Å². The van der Waals surface area contributed by atoms with Crippen molar-refractivity contribution in [1.82, 2.24) is 9.47 Å². The molecule has 2 saturated heterocycles. The van der Waals surface area contributed by atoms with Crippen molar-refractivity contribution in [3.05, 3.63) is 59.0 Å². The fourth-order valence-corrected chi connectivity index (χ4v) is 8.39. The van der Waals surface area contributed by atoms with Crippen LogP contribution in [0, 0.1) is 11.2 Å². The first-order valence-corrected chi connectivity index (χ1v) is 15.3. The van der Waals surface area contributed by atoms with Gasteiger partial charge in [-0.3, -0.25) is 4.79 Å². The number of hydrogen-bond acceptors (Lipinski definition) is 4. The van der Waals surface area contributed by atoms with Gasteiger partial charge in [0.2, 0.25) is 0 Å². The second-order valence-corrected chi connectivity index (χ2v) is 14.7. The molecule has 0 spiro atoms. The molecule has 3 fully saturated rings. The summed E-state index contributed by atoms with van der Waals surface area (Å²) in [5.41, 5.74) is 1.98. The van der Waals surface area contributed by atoms with E-state index in [4.69, 9.17) is 11.6 Å². The van der Waals surface area contributed by atoms with Crippen LogP contribution in [-0.2, 0) is 9.84 Å². The SMILES string of the molecule is CC(C)(C)CS(=O)(=O)c1cc(N2[C@@H]3CC[C@H]2CN(C(=O)c2ccc(F)cc2Cl)C3)c2c(ccn2C2CC2)c1. The number of benzene rings is 2. The molecule has 3 heterocycles. The Balaban J connectivity index is 1.39. The van der Waals surface area contributed by atoms with Crippen molar-refractivity contribution >= 4 is 43.9 Å². The van der Waals surface area contributed by atoms with Gasteiger partial charge in [-0.15, -0.1) is 0 Å². The first kappa shape index (κ1) is 25.7. The van der Waals surface area contributed by atoms with Crippen LogP contribution in [0.25, 0.3) is 10.9 Å². The molecule has 0 N–H and O–H groups in total. The molecule has 3 aliphatic rings. The molecule has 9 heteroatoms. The van der Waals surface area contributed by atoms with Crippen LogP contribution >= 0.6 is 11.6 Å². The summed E-state index contributed by atoms with van der Waals surface area (Å²) in [6.45, 7) is 6.84. The van der Waals surface area contributed by atoms with Gasteiger partial charge in [0.05, 0.1) is 32.4 Å². The smallest absolute Gasteiger partial charge is 0.255 e. The Morgan fingerprint density at radius 1 is 1.00 bits per heavy atom. The average Bonchev–Trinajstić information content (AvgIpc) is 3.52. The zero-order valence-corrected chi connectivity index (χ0v) is 23.5. The molecule has 1 aromatic heterocycles. The lowest BCUT2D eigenvalue weighted by molar-refractivity contribution is 0.0718. The summed E-state index contributed by atoms with van der Waals surface area (Å²) in [6, 6.07) is 10.2. The highest BCUT2D eigenvalue weighted by molar-refractivity contribution is 7.91. The molecule has 6 rings (SSSR count). The fraction of sp³-hybridized carbons (Fsp3) is 0.483. The third-order valence-electron chi connectivity index (χ3n) is 7.90. The largest absolute Gasteiger partial charge is 0.360 e. The Morgan fingerprint density at radius 2 is 1.66 bits per heavy atom. The molecule has 2 aliphatic heterocycles. The number of fused-ring (bicyclic) bond motifs is 3. The lowest BCUT2D eigenvalue weighted by Crippen LogP contribution is -2.55. The summed E-state index contributed by atoms with van der Waals surface area (Å²) >= 11 is 6.21. The number of carbonyl (C=O) groups excluding carboxylic acids is 1. The molecule has 38 heavy (non-hydrogen) atoms. The van der Waals surface area contributed by atoms with E-state index in [0.717, 1.165) is 42.3 Å². The van der Waals surface area contributed by atoms with Crippen LogP contribution in [0.4, 0.5) is 10.1 Å². The van der Waals surface area contributed by atoms with Gasteiger partial charge in [0, 0.05) is 42.8 Å². The van der Waals surface area contributed by atoms with Crippen molar-refractivity contribution in [3.63, 3.8) is 0 Å². The van der Waals surface area contributed by atoms with E-state index in [1.807, 2.05) is 43.9 Å². The maximum Gasteiger partial charge on any atom is 0.255 e. The zero-order valence-electron chi connectivity index (χ0n) is 22.0. The molecule has 3 aromatic rings. The first-order chi connectivity index (χ1) is 17.9. The van der Waals surface area contributed by atoms with Crippen molar-refractivity contribution < 1.29 is 17.6 Å². The van der Waals surface area contributed by atoms with Gasteiger partial charge in [0.15, 0.2) is 9.84 Å². The minimum atomic E-state index is -3.49. The Morgan fingerprint density at radius 3 is 2.26 bits per heavy atom. The number of halogens is 2. The van der Waals surface area contributed by atoms with Crippen LogP contribution in [-0.4, -0.2) is 54.7 Å². The van der Waals surface area contributed by atoms with Gasteiger partial charge in [0.1, 0.15) is 5.82 Å². The molecule has 1 amide bonds. The van der Waals surface area contributed by atoms with Crippen LogP contribution in [0.2, 0.25) is 5.02 Å². The van der Waals surface area contributed by atoms with Crippen LogP contribution in [0.1, 0.15) is 62.9 Å². The highest BCUT2D eigenvalue weighted by Gasteiger charge is 2.43. The molecule has 0 radical (unpaired) electrons. The van der Waals surface area contributed by atoms with E-state index in [2.05, 4.69) is 15.7 Å². The number of anilines is 1. The fourth-order valence-electron chi connectivity index (χ4n) is 6.24. The standard InChI is InChI=1S/C29H33ClFN3O3S/c1-29(2,3)17-38(36,37)23-12-18-10-11-33(20-5-6-20)27(18)26(14-23)34-21-7-8-22(34)16-32(15-21)28(35)24-9-4-19(31)13-25(24)30/h4,9-14,20-22H,5-8,15-17H2,1-3H3/t21-,22+. The molecule has 6 nitrogen and oxygen atoms in total. The third kappa shape index (κ3) is 4.60. The molecule has 202 valence electrons. The molecule has 1 saturated carbocycles. The minimum Gasteiger partial charge on any atom is -0.360 e. The second kappa shape index (κ2) is 8.98. The van der Waals surface area contributed by atoms with Gasteiger partial charge in [-0.1, -0.05) is 32.4 Å². The highest BCUT2D eigenvalue weighted by atomic mass is 35.5. The van der Waals surface area contributed by atoms with E-state index in [-0.39, 0.29) is 34.2 Å². The van der Waals surface area contributed by atoms with Gasteiger partial charge < -0.3 is 14.4 Å². The average molecular weight is 558 g/mol. The Kier molecular flexibility index (Phi) is 6.07. The summed E-state index contributed by atoms with van der Waals surface area (Å²) in [4.78, 5) is 17.9.